The van der Waals surface area contributed by atoms with E-state index in [1.165, 1.54) is 20.1 Å². The third-order valence-electron chi connectivity index (χ3n) is 8.72. The van der Waals surface area contributed by atoms with Crippen LogP contribution < -0.4 is 45.1 Å². The van der Waals surface area contributed by atoms with Gasteiger partial charge in [-0.05, 0) is 90.8 Å². The Labute approximate surface area is 268 Å². The van der Waals surface area contributed by atoms with Crippen LogP contribution in [0.4, 0.5) is 5.69 Å². The second-order valence-electron chi connectivity index (χ2n) is 11.5. The number of anilines is 1. The molecule has 3 aromatic rings. The fourth-order valence-electron chi connectivity index (χ4n) is 6.51. The van der Waals surface area contributed by atoms with E-state index in [2.05, 4.69) is 16.0 Å². The first-order valence-corrected chi connectivity index (χ1v) is 15.2. The Balaban J connectivity index is 1.49. The Morgan fingerprint density at radius 1 is 0.739 bits per heavy atom. The van der Waals surface area contributed by atoms with E-state index in [4.69, 9.17) is 23.7 Å². The van der Waals surface area contributed by atoms with Gasteiger partial charge in [0.1, 0.15) is 6.04 Å². The molecule has 3 N–H and O–H groups in total. The second-order valence-corrected chi connectivity index (χ2v) is 11.5. The van der Waals surface area contributed by atoms with E-state index >= 15 is 0 Å². The van der Waals surface area contributed by atoms with E-state index in [-0.39, 0.29) is 29.0 Å². The molecule has 3 aromatic carbocycles. The predicted molar refractivity (Wildman–Crippen MR) is 175 cm³/mol. The summed E-state index contributed by atoms with van der Waals surface area (Å²) in [6.07, 6.45) is 2.67. The van der Waals surface area contributed by atoms with E-state index in [1.54, 1.807) is 41.4 Å². The number of nitrogens with one attached hydrogen (secondary N) is 3. The van der Waals surface area contributed by atoms with Gasteiger partial charge in [0.25, 0.3) is 0 Å². The van der Waals surface area contributed by atoms with Crippen LogP contribution in [0.3, 0.4) is 0 Å². The first-order valence-electron chi connectivity index (χ1n) is 15.2. The standard InChI is InChI=1S/C35H41N3O8/c1-18(35(41)38-25-11-8-20-14-29(42-3)30(43-4)17-23(20)25)36-27-13-10-22-24(16-28(27)40)26(37-19(2)39)12-9-21-15-31(44-5)33(45-6)34(46-7)32(21)22/h10,13-18,25-26H,8-9,11-12H2,1-7H3,(H,36,40)(H,37,39)(H,38,41)/t18-,25?,26-/m0/s1. The molecule has 0 bridgehead atoms. The highest BCUT2D eigenvalue weighted by molar-refractivity contribution is 5.86. The first kappa shape index (κ1) is 32.5. The molecule has 0 heterocycles. The number of benzene rings is 2. The predicted octanol–water partition coefficient (Wildman–Crippen LogP) is 4.48. The number of aryl methyl sites for hydroxylation is 2. The van der Waals surface area contributed by atoms with E-state index in [1.807, 2.05) is 24.3 Å². The van der Waals surface area contributed by atoms with Crippen molar-refractivity contribution >= 4 is 17.5 Å². The van der Waals surface area contributed by atoms with Crippen molar-refractivity contribution in [1.82, 2.24) is 10.6 Å². The zero-order chi connectivity index (χ0) is 33.1. The Morgan fingerprint density at radius 2 is 1.35 bits per heavy atom. The quantitative estimate of drug-likeness (QED) is 0.296. The van der Waals surface area contributed by atoms with Gasteiger partial charge < -0.3 is 39.6 Å². The zero-order valence-electron chi connectivity index (χ0n) is 27.3. The topological polar surface area (TPSA) is 133 Å². The molecular formula is C35H41N3O8. The summed E-state index contributed by atoms with van der Waals surface area (Å²) in [6, 6.07) is 9.42. The molecule has 2 amide bonds. The van der Waals surface area contributed by atoms with Crippen LogP contribution in [0.15, 0.2) is 41.2 Å². The second kappa shape index (κ2) is 13.6. The average molecular weight is 632 g/mol. The van der Waals surface area contributed by atoms with Crippen LogP contribution in [-0.2, 0) is 22.4 Å². The lowest BCUT2D eigenvalue weighted by Crippen LogP contribution is -2.39. The summed E-state index contributed by atoms with van der Waals surface area (Å²) in [4.78, 5) is 39.4. The minimum Gasteiger partial charge on any atom is -0.493 e. The third kappa shape index (κ3) is 6.14. The summed E-state index contributed by atoms with van der Waals surface area (Å²) in [5, 5.41) is 9.26. The molecule has 2 aliphatic carbocycles. The number of fused-ring (bicyclic) bond motifs is 4. The summed E-state index contributed by atoms with van der Waals surface area (Å²) in [5.74, 6) is 2.21. The van der Waals surface area contributed by atoms with Crippen LogP contribution in [-0.4, -0.2) is 53.4 Å². The van der Waals surface area contributed by atoms with Gasteiger partial charge in [-0.25, -0.2) is 0 Å². The van der Waals surface area contributed by atoms with Crippen LogP contribution in [0, 0.1) is 0 Å². The molecule has 11 heteroatoms. The monoisotopic (exact) mass is 631 g/mol. The van der Waals surface area contributed by atoms with Crippen molar-refractivity contribution in [3.8, 4) is 39.9 Å². The largest absolute Gasteiger partial charge is 0.493 e. The Kier molecular flexibility index (Phi) is 9.60. The average Bonchev–Trinajstić information content (AvgIpc) is 3.28. The number of ether oxygens (including phenoxy) is 5. The SMILES string of the molecule is COc1cc2c(cc1OC)C(NC(=O)[C@H](C)Nc1ccc3c(cc1=O)[C@@H](NC(C)=O)CCc1cc(OC)c(OC)c(OC)c1-3)CC2. The lowest BCUT2D eigenvalue weighted by atomic mass is 9.95. The maximum Gasteiger partial charge on any atom is 0.242 e. The molecule has 2 aliphatic rings. The van der Waals surface area contributed by atoms with Gasteiger partial charge in [-0.3, -0.25) is 14.4 Å². The lowest BCUT2D eigenvalue weighted by Gasteiger charge is -2.20. The molecule has 0 aliphatic heterocycles. The van der Waals surface area contributed by atoms with Gasteiger partial charge in [0.15, 0.2) is 23.0 Å². The van der Waals surface area contributed by atoms with Gasteiger partial charge in [0.2, 0.25) is 23.0 Å². The minimum absolute atomic E-state index is 0.199. The molecule has 11 nitrogen and oxygen atoms in total. The summed E-state index contributed by atoms with van der Waals surface area (Å²) >= 11 is 0. The summed E-state index contributed by atoms with van der Waals surface area (Å²) in [7, 11) is 7.84. The Hall–Kier alpha value is -4.93. The highest BCUT2D eigenvalue weighted by atomic mass is 16.5. The van der Waals surface area contributed by atoms with Gasteiger partial charge in [-0.1, -0.05) is 6.07 Å². The van der Waals surface area contributed by atoms with Crippen molar-refractivity contribution in [1.29, 1.82) is 0 Å². The molecule has 1 unspecified atom stereocenters. The van der Waals surface area contributed by atoms with Crippen LogP contribution in [0.1, 0.15) is 61.0 Å². The molecular weight excluding hydrogens is 590 g/mol. The van der Waals surface area contributed by atoms with Crippen molar-refractivity contribution < 1.29 is 33.3 Å². The van der Waals surface area contributed by atoms with E-state index in [0.29, 0.717) is 52.7 Å². The van der Waals surface area contributed by atoms with Crippen molar-refractivity contribution in [2.75, 3.05) is 40.9 Å². The van der Waals surface area contributed by atoms with Gasteiger partial charge in [-0.2, -0.15) is 0 Å². The number of hydrogen-bond donors (Lipinski definition) is 3. The van der Waals surface area contributed by atoms with E-state index < -0.39 is 12.1 Å². The highest BCUT2D eigenvalue weighted by Gasteiger charge is 2.31. The van der Waals surface area contributed by atoms with Crippen molar-refractivity contribution in [2.45, 2.75) is 57.7 Å². The Bertz CT molecular complexity index is 1720. The van der Waals surface area contributed by atoms with Gasteiger partial charge >= 0.3 is 0 Å². The molecule has 0 spiro atoms. The molecule has 46 heavy (non-hydrogen) atoms. The third-order valence-corrected chi connectivity index (χ3v) is 8.72. The number of carbonyl (C=O) groups excluding carboxylic acids is 2. The first-order chi connectivity index (χ1) is 22.1. The molecule has 244 valence electrons. The number of carbonyl (C=O) groups is 2. The molecule has 0 fully saturated rings. The van der Waals surface area contributed by atoms with E-state index in [0.717, 1.165) is 35.1 Å². The van der Waals surface area contributed by atoms with Gasteiger partial charge in [-0.15, -0.1) is 0 Å². The fourth-order valence-corrected chi connectivity index (χ4v) is 6.51. The fraction of sp³-hybridized carbons (Fsp3) is 0.400. The molecule has 0 radical (unpaired) electrons. The summed E-state index contributed by atoms with van der Waals surface area (Å²) in [6.45, 7) is 3.17. The molecule has 5 rings (SSSR count). The van der Waals surface area contributed by atoms with Crippen molar-refractivity contribution in [3.63, 3.8) is 0 Å². The lowest BCUT2D eigenvalue weighted by molar-refractivity contribution is -0.122. The number of methoxy groups -OCH3 is 5. The highest BCUT2D eigenvalue weighted by Crippen LogP contribution is 2.50. The number of rotatable bonds is 10. The number of hydrogen-bond acceptors (Lipinski definition) is 9. The normalized spacial score (nSPS) is 16.8. The molecule has 0 aromatic heterocycles. The molecule has 0 saturated carbocycles. The molecule has 0 saturated heterocycles. The van der Waals surface area contributed by atoms with Crippen molar-refractivity contribution in [2.24, 2.45) is 0 Å². The summed E-state index contributed by atoms with van der Waals surface area (Å²) < 4.78 is 28.0. The van der Waals surface area contributed by atoms with Gasteiger partial charge in [0, 0.05) is 12.5 Å². The van der Waals surface area contributed by atoms with E-state index in [9.17, 15) is 14.4 Å². The number of amides is 2. The minimum atomic E-state index is -0.726. The van der Waals surface area contributed by atoms with Crippen LogP contribution in [0.5, 0.6) is 28.7 Å². The van der Waals surface area contributed by atoms with Crippen LogP contribution in [0.2, 0.25) is 0 Å². The smallest absolute Gasteiger partial charge is 0.242 e. The van der Waals surface area contributed by atoms with Crippen LogP contribution in [0.25, 0.3) is 11.1 Å². The maximum atomic E-state index is 13.7. The Morgan fingerprint density at radius 3 is 1.98 bits per heavy atom. The zero-order valence-corrected chi connectivity index (χ0v) is 27.3. The molecule has 3 atom stereocenters. The van der Waals surface area contributed by atoms with Crippen molar-refractivity contribution in [3.05, 3.63) is 68.9 Å². The maximum absolute atomic E-state index is 13.7. The summed E-state index contributed by atoms with van der Waals surface area (Å²) in [5.41, 5.74) is 5.04. The van der Waals surface area contributed by atoms with Crippen LogP contribution >= 0.6 is 0 Å². The van der Waals surface area contributed by atoms with Gasteiger partial charge in [0.05, 0.1) is 53.3 Å².